The van der Waals surface area contributed by atoms with Crippen molar-refractivity contribution in [2.24, 2.45) is 0 Å². The zero-order chi connectivity index (χ0) is 37.7. The molecule has 0 fully saturated rings. The molecule has 0 bridgehead atoms. The number of nitrogens with zero attached hydrogens (tertiary/aromatic N) is 2. The summed E-state index contributed by atoms with van der Waals surface area (Å²) in [6, 6.07) is 3.83. The summed E-state index contributed by atoms with van der Waals surface area (Å²) in [5.41, 5.74) is 0.283. The molecule has 20 heteroatoms. The summed E-state index contributed by atoms with van der Waals surface area (Å²) < 4.78 is 219. The molecule has 1 heterocycles. The molecule has 0 radical (unpaired) electrons. The van der Waals surface area contributed by atoms with Crippen molar-refractivity contribution in [2.75, 3.05) is 6.61 Å². The average molecular weight is 741 g/mol. The predicted molar refractivity (Wildman–Crippen MR) is 140 cm³/mol. The van der Waals surface area contributed by atoms with E-state index in [2.05, 4.69) is 21.6 Å². The number of carbonyl (C=O) groups excluding carboxylic acids is 1. The van der Waals surface area contributed by atoms with Crippen LogP contribution in [0.1, 0.15) is 67.8 Å². The smallest absolute Gasteiger partial charge is 0.385 e. The molecule has 2 rings (SSSR count). The minimum atomic E-state index is -8.53. The summed E-state index contributed by atoms with van der Waals surface area (Å²) in [7, 11) is 0. The number of carbonyl (C=O) groups is 1. The molecule has 2 aromatic rings. The van der Waals surface area contributed by atoms with Crippen molar-refractivity contribution in [3.8, 4) is 11.4 Å². The Morgan fingerprint density at radius 1 is 0.653 bits per heavy atom. The molecule has 0 unspecified atom stereocenters. The molecule has 0 saturated heterocycles. The first-order valence-electron chi connectivity index (χ1n) is 14.3. The van der Waals surface area contributed by atoms with Gasteiger partial charge < -0.3 is 4.74 Å². The van der Waals surface area contributed by atoms with Gasteiger partial charge in [0.05, 0.1) is 5.56 Å². The Balaban J connectivity index is 2.12. The van der Waals surface area contributed by atoms with E-state index in [0.717, 1.165) is 68.4 Å². The average Bonchev–Trinajstić information content (AvgIpc) is 3.03. The second-order valence-corrected chi connectivity index (χ2v) is 10.9. The van der Waals surface area contributed by atoms with Gasteiger partial charge in [-0.1, -0.05) is 57.6 Å². The van der Waals surface area contributed by atoms with Gasteiger partial charge in [-0.3, -0.25) is 0 Å². The summed E-state index contributed by atoms with van der Waals surface area (Å²) in [6.45, 7) is -1.15. The normalized spacial score (nSPS) is 14.0. The Morgan fingerprint density at radius 2 is 1.10 bits per heavy atom. The minimum absolute atomic E-state index is 0.103. The molecule has 278 valence electrons. The first-order valence-corrected chi connectivity index (χ1v) is 14.3. The van der Waals surface area contributed by atoms with Crippen molar-refractivity contribution in [1.82, 2.24) is 9.97 Å². The molecule has 1 aromatic heterocycles. The van der Waals surface area contributed by atoms with Gasteiger partial charge in [-0.25, -0.2) is 23.5 Å². The first-order chi connectivity index (χ1) is 22.3. The number of hydrogen-bond donors (Lipinski definition) is 0. The van der Waals surface area contributed by atoms with E-state index in [1.54, 1.807) is 0 Å². The van der Waals surface area contributed by atoms with Crippen LogP contribution in [0.4, 0.5) is 70.2 Å². The number of halogens is 16. The van der Waals surface area contributed by atoms with Gasteiger partial charge in [0.25, 0.3) is 0 Å². The summed E-state index contributed by atoms with van der Waals surface area (Å²) in [5, 5.41) is 0. The van der Waals surface area contributed by atoms with Crippen molar-refractivity contribution in [3.05, 3.63) is 47.8 Å². The van der Waals surface area contributed by atoms with Crippen LogP contribution in [0.25, 0.3) is 11.4 Å². The predicted octanol–water partition coefficient (Wildman–Crippen LogP) is 10.3. The molecule has 1 aromatic carbocycles. The van der Waals surface area contributed by atoms with E-state index in [4.69, 9.17) is 0 Å². The highest BCUT2D eigenvalue weighted by Crippen LogP contribution is 2.62. The standard InChI is InChI=1S/C29H28F16N2O2/c1-2-3-4-5-6-7-8-9-17-14-46-20(47-15-17)18-10-12-19(13-11-18)21(48)49-16-23(32,33)25(36,37)27(40,41)29(44,45)28(42,43)26(38,39)24(34,35)22(30)31/h10-15,22H,2-9,16H2,1H3. The van der Waals surface area contributed by atoms with Crippen LogP contribution in [0.3, 0.4) is 0 Å². The van der Waals surface area contributed by atoms with Crippen molar-refractivity contribution in [2.45, 2.75) is 106 Å². The number of unbranched alkanes of at least 4 members (excludes halogenated alkanes) is 6. The highest BCUT2D eigenvalue weighted by Gasteiger charge is 2.93. The van der Waals surface area contributed by atoms with Gasteiger partial charge in [0.15, 0.2) is 12.4 Å². The van der Waals surface area contributed by atoms with Gasteiger partial charge >= 0.3 is 53.9 Å². The fraction of sp³-hybridized carbons (Fsp3) is 0.621. The first kappa shape index (κ1) is 41.8. The number of benzene rings is 1. The Bertz CT molecular complexity index is 1370. The molecule has 0 spiro atoms. The van der Waals surface area contributed by atoms with Gasteiger partial charge in [-0.2, -0.15) is 61.5 Å². The Hall–Kier alpha value is -3.35. The monoisotopic (exact) mass is 740 g/mol. The number of aryl methyl sites for hydroxylation is 1. The van der Waals surface area contributed by atoms with E-state index >= 15 is 0 Å². The maximum absolute atomic E-state index is 14.1. The van der Waals surface area contributed by atoms with Crippen LogP contribution in [-0.4, -0.2) is 70.4 Å². The lowest BCUT2D eigenvalue weighted by Gasteiger charge is -2.42. The highest BCUT2D eigenvalue weighted by molar-refractivity contribution is 5.90. The number of ether oxygens (including phenoxy) is 1. The Labute approximate surface area is 268 Å². The van der Waals surface area contributed by atoms with Crippen LogP contribution in [-0.2, 0) is 11.2 Å². The molecule has 49 heavy (non-hydrogen) atoms. The summed E-state index contributed by atoms with van der Waals surface area (Å²) >= 11 is 0. The van der Waals surface area contributed by atoms with Crippen molar-refractivity contribution < 1.29 is 79.8 Å². The third-order valence-electron chi connectivity index (χ3n) is 7.27. The second-order valence-electron chi connectivity index (χ2n) is 10.9. The van der Waals surface area contributed by atoms with Gasteiger partial charge in [-0.05, 0) is 30.5 Å². The third kappa shape index (κ3) is 8.18. The van der Waals surface area contributed by atoms with E-state index < -0.39 is 66.0 Å². The molecular formula is C29H28F16N2O2. The number of aromatic nitrogens is 2. The molecule has 0 saturated carbocycles. The molecule has 0 amide bonds. The van der Waals surface area contributed by atoms with E-state index in [1.165, 1.54) is 18.8 Å². The van der Waals surface area contributed by atoms with Crippen molar-refractivity contribution in [1.29, 1.82) is 0 Å². The summed E-state index contributed by atoms with van der Waals surface area (Å²) in [4.78, 5) is 20.3. The van der Waals surface area contributed by atoms with Crippen LogP contribution in [0, 0.1) is 0 Å². The quantitative estimate of drug-likeness (QED) is 0.0818. The van der Waals surface area contributed by atoms with E-state index in [0.29, 0.717) is 6.42 Å². The van der Waals surface area contributed by atoms with Crippen LogP contribution in [0.15, 0.2) is 36.7 Å². The number of rotatable bonds is 19. The lowest BCUT2D eigenvalue weighted by atomic mass is 9.89. The van der Waals surface area contributed by atoms with E-state index in [-0.39, 0.29) is 11.4 Å². The van der Waals surface area contributed by atoms with Crippen LogP contribution >= 0.6 is 0 Å². The van der Waals surface area contributed by atoms with Crippen LogP contribution < -0.4 is 0 Å². The molecule has 0 aliphatic rings. The second kappa shape index (κ2) is 15.3. The Kier molecular flexibility index (Phi) is 13.0. The van der Waals surface area contributed by atoms with Gasteiger partial charge in [0.1, 0.15) is 0 Å². The van der Waals surface area contributed by atoms with Crippen molar-refractivity contribution in [3.63, 3.8) is 0 Å². The van der Waals surface area contributed by atoms with Crippen LogP contribution in [0.2, 0.25) is 0 Å². The molecular weight excluding hydrogens is 712 g/mol. The molecule has 0 aliphatic heterocycles. The zero-order valence-electron chi connectivity index (χ0n) is 25.2. The largest absolute Gasteiger partial charge is 0.455 e. The summed E-state index contributed by atoms with van der Waals surface area (Å²) in [6.07, 6.45) is 5.35. The van der Waals surface area contributed by atoms with Crippen LogP contribution in [0.5, 0.6) is 0 Å². The topological polar surface area (TPSA) is 52.1 Å². The lowest BCUT2D eigenvalue weighted by molar-refractivity contribution is -0.447. The molecule has 4 nitrogen and oxygen atoms in total. The highest BCUT2D eigenvalue weighted by atomic mass is 19.4. The fourth-order valence-electron chi connectivity index (χ4n) is 4.17. The van der Waals surface area contributed by atoms with Gasteiger partial charge in [0.2, 0.25) is 0 Å². The van der Waals surface area contributed by atoms with Gasteiger partial charge in [-0.15, -0.1) is 0 Å². The summed E-state index contributed by atoms with van der Waals surface area (Å²) in [5.74, 6) is -57.5. The Morgan fingerprint density at radius 3 is 1.59 bits per heavy atom. The number of hydrogen-bond acceptors (Lipinski definition) is 4. The molecule has 0 aliphatic carbocycles. The SMILES string of the molecule is CCCCCCCCCc1cnc(-c2ccc(C(=O)OCC(F)(F)C(F)(F)C(F)(F)C(F)(F)C(F)(F)C(F)(F)C(F)(F)C(F)F)cc2)nc1. The third-order valence-corrected chi connectivity index (χ3v) is 7.27. The zero-order valence-corrected chi connectivity index (χ0v) is 25.2. The number of alkyl halides is 16. The van der Waals surface area contributed by atoms with E-state index in [1.807, 2.05) is 0 Å². The maximum Gasteiger partial charge on any atom is 0.385 e. The minimum Gasteiger partial charge on any atom is -0.455 e. The maximum atomic E-state index is 14.1. The molecule has 0 atom stereocenters. The number of esters is 1. The van der Waals surface area contributed by atoms with Crippen molar-refractivity contribution >= 4 is 5.97 Å². The van der Waals surface area contributed by atoms with E-state index in [9.17, 15) is 75.0 Å². The fourth-order valence-corrected chi connectivity index (χ4v) is 4.17. The van der Waals surface area contributed by atoms with Gasteiger partial charge in [0, 0.05) is 18.0 Å². The lowest BCUT2D eigenvalue weighted by Crippen LogP contribution is -2.74. The molecule has 0 N–H and O–H groups in total.